The van der Waals surface area contributed by atoms with Gasteiger partial charge in [-0.1, -0.05) is 0 Å². The van der Waals surface area contributed by atoms with Crippen LogP contribution in [0.3, 0.4) is 0 Å². The van der Waals surface area contributed by atoms with E-state index < -0.39 is 5.97 Å². The molecule has 0 spiro atoms. The highest BCUT2D eigenvalue weighted by Gasteiger charge is 2.12. The van der Waals surface area contributed by atoms with E-state index in [1.54, 1.807) is 23.8 Å². The van der Waals surface area contributed by atoms with E-state index >= 15 is 0 Å². The number of aromatic nitrogens is 1. The number of rotatable bonds is 5. The van der Waals surface area contributed by atoms with Gasteiger partial charge in [-0.25, -0.2) is 9.78 Å². The van der Waals surface area contributed by atoms with Crippen LogP contribution in [0.15, 0.2) is 22.2 Å². The summed E-state index contributed by atoms with van der Waals surface area (Å²) in [6.07, 6.45) is 0. The number of ether oxygens (including phenoxy) is 1. The van der Waals surface area contributed by atoms with Gasteiger partial charge in [-0.15, -0.1) is 11.3 Å². The molecule has 2 aromatic heterocycles. The van der Waals surface area contributed by atoms with E-state index in [1.807, 2.05) is 5.38 Å². The Morgan fingerprint density at radius 3 is 2.95 bits per heavy atom. The van der Waals surface area contributed by atoms with Gasteiger partial charge in [0.05, 0.1) is 13.2 Å². The van der Waals surface area contributed by atoms with Crippen molar-refractivity contribution in [2.24, 2.45) is 0 Å². The maximum absolute atomic E-state index is 11.7. The van der Waals surface area contributed by atoms with Crippen LogP contribution >= 0.6 is 22.7 Å². The van der Waals surface area contributed by atoms with Gasteiger partial charge in [0.1, 0.15) is 5.01 Å². The molecule has 2 aromatic rings. The summed E-state index contributed by atoms with van der Waals surface area (Å²) in [4.78, 5) is 27.2. The summed E-state index contributed by atoms with van der Waals surface area (Å²) in [7, 11) is 0. The van der Waals surface area contributed by atoms with Gasteiger partial charge in [-0.3, -0.25) is 4.79 Å². The Bertz CT molecular complexity index is 563. The monoisotopic (exact) mass is 296 g/mol. The van der Waals surface area contributed by atoms with Crippen molar-refractivity contribution >= 4 is 34.6 Å². The highest BCUT2D eigenvalue weighted by Crippen LogP contribution is 2.11. The van der Waals surface area contributed by atoms with E-state index in [-0.39, 0.29) is 11.6 Å². The Morgan fingerprint density at radius 2 is 2.26 bits per heavy atom. The number of nitrogens with one attached hydrogen (secondary N) is 1. The van der Waals surface area contributed by atoms with Gasteiger partial charge < -0.3 is 10.1 Å². The second kappa shape index (κ2) is 6.44. The maximum Gasteiger partial charge on any atom is 0.357 e. The van der Waals surface area contributed by atoms with Crippen LogP contribution in [0.5, 0.6) is 0 Å². The lowest BCUT2D eigenvalue weighted by molar-refractivity contribution is 0.0520. The van der Waals surface area contributed by atoms with Crippen molar-refractivity contribution in [3.63, 3.8) is 0 Å². The lowest BCUT2D eigenvalue weighted by Gasteiger charge is -2.00. The molecular formula is C12H12N2O3S2. The van der Waals surface area contributed by atoms with Crippen molar-refractivity contribution in [3.8, 4) is 0 Å². The molecule has 0 saturated heterocycles. The zero-order valence-electron chi connectivity index (χ0n) is 10.2. The molecule has 0 saturated carbocycles. The fraction of sp³-hybridized carbons (Fsp3) is 0.250. The number of hydrogen-bond donors (Lipinski definition) is 1. The molecule has 0 atom stereocenters. The summed E-state index contributed by atoms with van der Waals surface area (Å²) >= 11 is 2.79. The highest BCUT2D eigenvalue weighted by molar-refractivity contribution is 7.09. The summed E-state index contributed by atoms with van der Waals surface area (Å²) in [6.45, 7) is 2.37. The van der Waals surface area contributed by atoms with Crippen molar-refractivity contribution < 1.29 is 14.3 Å². The lowest BCUT2D eigenvalue weighted by atomic mass is 10.3. The van der Waals surface area contributed by atoms with Crippen molar-refractivity contribution in [3.05, 3.63) is 38.5 Å². The molecular weight excluding hydrogens is 284 g/mol. The van der Waals surface area contributed by atoms with Crippen LogP contribution in [-0.2, 0) is 11.3 Å². The molecule has 1 amide bonds. The van der Waals surface area contributed by atoms with Crippen molar-refractivity contribution in [2.45, 2.75) is 13.5 Å². The Morgan fingerprint density at radius 1 is 1.42 bits per heavy atom. The normalized spacial score (nSPS) is 10.2. The Hall–Kier alpha value is -1.73. The smallest absolute Gasteiger partial charge is 0.357 e. The summed E-state index contributed by atoms with van der Waals surface area (Å²) in [5.41, 5.74) is 0.916. The fourth-order valence-corrected chi connectivity index (χ4v) is 2.68. The minimum absolute atomic E-state index is 0.144. The molecule has 1 N–H and O–H groups in total. The first-order chi connectivity index (χ1) is 9.20. The van der Waals surface area contributed by atoms with Crippen molar-refractivity contribution in [2.75, 3.05) is 6.61 Å². The third kappa shape index (κ3) is 3.62. The van der Waals surface area contributed by atoms with Crippen LogP contribution in [0.25, 0.3) is 0 Å². The average Bonchev–Trinajstić information content (AvgIpc) is 3.07. The van der Waals surface area contributed by atoms with E-state index in [4.69, 9.17) is 4.74 Å². The fourth-order valence-electron chi connectivity index (χ4n) is 1.34. The number of amides is 1. The van der Waals surface area contributed by atoms with E-state index in [9.17, 15) is 9.59 Å². The predicted octanol–water partition coefficient (Wildman–Crippen LogP) is 2.31. The van der Waals surface area contributed by atoms with Gasteiger partial charge in [0.15, 0.2) is 5.69 Å². The topological polar surface area (TPSA) is 68.3 Å². The molecule has 19 heavy (non-hydrogen) atoms. The molecule has 0 aliphatic heterocycles. The van der Waals surface area contributed by atoms with Crippen LogP contribution in [0.4, 0.5) is 0 Å². The van der Waals surface area contributed by atoms with Gasteiger partial charge in [0.2, 0.25) is 0 Å². The lowest BCUT2D eigenvalue weighted by Crippen LogP contribution is -2.22. The number of thiazole rings is 1. The number of carbonyl (C=O) groups excluding carboxylic acids is 2. The first kappa shape index (κ1) is 13.7. The maximum atomic E-state index is 11.7. The molecule has 5 nitrogen and oxygen atoms in total. The quantitative estimate of drug-likeness (QED) is 0.860. The van der Waals surface area contributed by atoms with Crippen molar-refractivity contribution in [1.29, 1.82) is 0 Å². The molecule has 100 valence electrons. The van der Waals surface area contributed by atoms with E-state index in [0.29, 0.717) is 23.7 Å². The van der Waals surface area contributed by atoms with Crippen LogP contribution in [0.1, 0.15) is 32.8 Å². The van der Waals surface area contributed by atoms with Gasteiger partial charge >= 0.3 is 5.97 Å². The third-order valence-corrected chi connectivity index (χ3v) is 3.75. The molecule has 2 heterocycles. The zero-order valence-corrected chi connectivity index (χ0v) is 11.8. The van der Waals surface area contributed by atoms with E-state index in [0.717, 1.165) is 0 Å². The Labute approximate surface area is 118 Å². The summed E-state index contributed by atoms with van der Waals surface area (Å²) < 4.78 is 4.85. The molecule has 0 aliphatic rings. The number of nitrogens with zero attached hydrogens (tertiary/aromatic N) is 1. The summed E-state index contributed by atoms with van der Waals surface area (Å²) in [5, 5.41) is 8.67. The second-order valence-electron chi connectivity index (χ2n) is 3.54. The number of carbonyl (C=O) groups is 2. The molecule has 7 heteroatoms. The molecule has 0 fully saturated rings. The van der Waals surface area contributed by atoms with Crippen molar-refractivity contribution in [1.82, 2.24) is 10.3 Å². The summed E-state index contributed by atoms with van der Waals surface area (Å²) in [5.74, 6) is -0.580. The minimum Gasteiger partial charge on any atom is -0.461 e. The second-order valence-corrected chi connectivity index (χ2v) is 5.26. The minimum atomic E-state index is -0.436. The predicted molar refractivity (Wildman–Crippen MR) is 73.6 cm³/mol. The zero-order chi connectivity index (χ0) is 13.7. The first-order valence-corrected chi connectivity index (χ1v) is 7.45. The highest BCUT2D eigenvalue weighted by atomic mass is 32.1. The van der Waals surface area contributed by atoms with E-state index in [1.165, 1.54) is 22.7 Å². The Kier molecular flexibility index (Phi) is 4.64. The molecule has 0 aromatic carbocycles. The van der Waals surface area contributed by atoms with Crippen LogP contribution in [-0.4, -0.2) is 23.5 Å². The molecule has 2 rings (SSSR count). The van der Waals surface area contributed by atoms with E-state index in [2.05, 4.69) is 10.3 Å². The standard InChI is InChI=1S/C12H12N2O3S2/c1-2-17-12(16)9-7-19-10(14-9)5-13-11(15)8-3-4-18-6-8/h3-4,6-7H,2,5H2,1H3,(H,13,15). The number of thiophene rings is 1. The molecule has 0 bridgehead atoms. The average molecular weight is 296 g/mol. The first-order valence-electron chi connectivity index (χ1n) is 5.62. The van der Waals surface area contributed by atoms with Gasteiger partial charge in [-0.2, -0.15) is 11.3 Å². The number of esters is 1. The largest absolute Gasteiger partial charge is 0.461 e. The van der Waals surface area contributed by atoms with Gasteiger partial charge in [-0.05, 0) is 18.4 Å². The summed E-state index contributed by atoms with van der Waals surface area (Å²) in [6, 6.07) is 1.76. The van der Waals surface area contributed by atoms with Gasteiger partial charge in [0, 0.05) is 16.3 Å². The molecule has 0 unspecified atom stereocenters. The SMILES string of the molecule is CCOC(=O)c1csc(CNC(=O)c2ccsc2)n1. The van der Waals surface area contributed by atoms with Crippen LogP contribution in [0.2, 0.25) is 0 Å². The van der Waals surface area contributed by atoms with Crippen LogP contribution in [0, 0.1) is 0 Å². The molecule has 0 aliphatic carbocycles. The number of hydrogen-bond acceptors (Lipinski definition) is 6. The third-order valence-electron chi connectivity index (χ3n) is 2.22. The van der Waals surface area contributed by atoms with Gasteiger partial charge in [0.25, 0.3) is 5.91 Å². The Balaban J connectivity index is 1.90. The van der Waals surface area contributed by atoms with Crippen LogP contribution < -0.4 is 5.32 Å². The molecule has 0 radical (unpaired) electrons.